The maximum Gasteiger partial charge on any atom is 0.417 e. The number of rotatable bonds is 6. The van der Waals surface area contributed by atoms with Crippen molar-refractivity contribution in [3.05, 3.63) is 48.0 Å². The summed E-state index contributed by atoms with van der Waals surface area (Å²) in [5, 5.41) is 0. The fraction of sp³-hybridized carbons (Fsp3) is 0.500. The number of piperidine rings is 1. The highest BCUT2D eigenvalue weighted by Crippen LogP contribution is 2.37. The van der Waals surface area contributed by atoms with Crippen LogP contribution in [0.1, 0.15) is 25.3 Å². The number of hydrogen-bond donors (Lipinski definition) is 0. The highest BCUT2D eigenvalue weighted by atomic mass is 32.2. The molecule has 37 heavy (non-hydrogen) atoms. The number of ether oxygens (including phenoxy) is 1. The average Bonchev–Trinajstić information content (AvgIpc) is 2.88. The van der Waals surface area contributed by atoms with E-state index in [0.29, 0.717) is 24.5 Å². The topological polar surface area (TPSA) is 87.2 Å². The summed E-state index contributed by atoms with van der Waals surface area (Å²) in [6, 6.07) is 8.71. The molecule has 13 heteroatoms. The molecule has 2 aliphatic heterocycles. The Bertz CT molecular complexity index is 1340. The molecular weight excluding hydrogens is 531 g/mol. The minimum Gasteiger partial charge on any atom is -0.495 e. The lowest BCUT2D eigenvalue weighted by molar-refractivity contribution is -0.139. The summed E-state index contributed by atoms with van der Waals surface area (Å²) in [5.74, 6) is 0.684. The molecular formula is C24H30F3N3O5S2. The van der Waals surface area contributed by atoms with Crippen molar-refractivity contribution in [1.29, 1.82) is 0 Å². The van der Waals surface area contributed by atoms with Gasteiger partial charge in [-0.25, -0.2) is 16.8 Å². The lowest BCUT2D eigenvalue weighted by atomic mass is 10.0. The molecule has 2 saturated heterocycles. The zero-order valence-corrected chi connectivity index (χ0v) is 22.2. The molecule has 2 heterocycles. The zero-order chi connectivity index (χ0) is 27.0. The number of halogens is 3. The summed E-state index contributed by atoms with van der Waals surface area (Å²) >= 11 is 0. The fourth-order valence-corrected chi connectivity index (χ4v) is 8.08. The summed E-state index contributed by atoms with van der Waals surface area (Å²) < 4.78 is 101. The van der Waals surface area contributed by atoms with Crippen LogP contribution in [0, 0.1) is 5.92 Å². The standard InChI is InChI=1S/C24H30F3N3O5S2/c1-18-6-5-11-30(17-18)36(31,32)19-9-10-22(35-2)21(16-19)28-12-14-29(15-13-28)37(33,34)23-8-4-3-7-20(23)24(25,26)27/h3-4,7-10,16,18H,5-6,11-15,17H2,1-2H3. The van der Waals surface area contributed by atoms with Crippen molar-refractivity contribution in [2.75, 3.05) is 51.3 Å². The predicted molar refractivity (Wildman–Crippen MR) is 133 cm³/mol. The van der Waals surface area contributed by atoms with Crippen LogP contribution in [0.15, 0.2) is 52.3 Å². The molecule has 0 radical (unpaired) electrons. The highest BCUT2D eigenvalue weighted by Gasteiger charge is 2.40. The minimum absolute atomic E-state index is 0.0711. The monoisotopic (exact) mass is 561 g/mol. The van der Waals surface area contributed by atoms with Crippen LogP contribution in [0.5, 0.6) is 5.75 Å². The second-order valence-electron chi connectivity index (χ2n) is 9.33. The number of nitrogens with zero attached hydrogens (tertiary/aromatic N) is 3. The van der Waals surface area contributed by atoms with Crippen LogP contribution in [0.4, 0.5) is 18.9 Å². The highest BCUT2D eigenvalue weighted by molar-refractivity contribution is 7.89. The summed E-state index contributed by atoms with van der Waals surface area (Å²) in [6.45, 7) is 3.06. The van der Waals surface area contributed by atoms with Gasteiger partial charge in [-0.15, -0.1) is 0 Å². The quantitative estimate of drug-likeness (QED) is 0.535. The minimum atomic E-state index is -4.81. The molecule has 1 unspecified atom stereocenters. The second-order valence-corrected chi connectivity index (χ2v) is 13.2. The van der Waals surface area contributed by atoms with E-state index >= 15 is 0 Å². The van der Waals surface area contributed by atoms with Crippen LogP contribution in [0.3, 0.4) is 0 Å². The Hall–Kier alpha value is -2.35. The van der Waals surface area contributed by atoms with Gasteiger partial charge in [0.1, 0.15) is 5.75 Å². The molecule has 0 aliphatic carbocycles. The molecule has 2 aromatic carbocycles. The zero-order valence-electron chi connectivity index (χ0n) is 20.6. The van der Waals surface area contributed by atoms with E-state index in [1.807, 2.05) is 6.92 Å². The van der Waals surface area contributed by atoms with Crippen molar-refractivity contribution in [1.82, 2.24) is 8.61 Å². The Kier molecular flexibility index (Phi) is 7.80. The molecule has 0 amide bonds. The Morgan fingerprint density at radius 2 is 1.57 bits per heavy atom. The van der Waals surface area contributed by atoms with Crippen molar-refractivity contribution in [2.24, 2.45) is 5.92 Å². The van der Waals surface area contributed by atoms with Crippen molar-refractivity contribution >= 4 is 25.7 Å². The first-order valence-corrected chi connectivity index (χ1v) is 14.8. The molecule has 204 valence electrons. The van der Waals surface area contributed by atoms with Gasteiger partial charge in [-0.05, 0) is 49.1 Å². The van der Waals surface area contributed by atoms with E-state index < -0.39 is 36.7 Å². The first kappa shape index (κ1) is 27.7. The molecule has 2 fully saturated rings. The fourth-order valence-electron chi connectivity index (χ4n) is 4.83. The maximum atomic E-state index is 13.4. The average molecular weight is 562 g/mol. The Morgan fingerprint density at radius 3 is 2.19 bits per heavy atom. The van der Waals surface area contributed by atoms with Gasteiger partial charge in [-0.2, -0.15) is 21.8 Å². The number of hydrogen-bond acceptors (Lipinski definition) is 6. The van der Waals surface area contributed by atoms with Crippen LogP contribution in [0.2, 0.25) is 0 Å². The largest absolute Gasteiger partial charge is 0.495 e. The van der Waals surface area contributed by atoms with Crippen molar-refractivity contribution in [3.63, 3.8) is 0 Å². The molecule has 4 rings (SSSR count). The SMILES string of the molecule is COc1ccc(S(=O)(=O)N2CCCC(C)C2)cc1N1CCN(S(=O)(=O)c2ccccc2C(F)(F)F)CC1. The lowest BCUT2D eigenvalue weighted by Crippen LogP contribution is -2.49. The Labute approximate surface area is 215 Å². The first-order valence-electron chi connectivity index (χ1n) is 11.9. The number of anilines is 1. The first-order chi connectivity index (χ1) is 17.4. The third-order valence-corrected chi connectivity index (χ3v) is 10.6. The van der Waals surface area contributed by atoms with Crippen LogP contribution in [-0.2, 0) is 26.2 Å². The van der Waals surface area contributed by atoms with Gasteiger partial charge < -0.3 is 9.64 Å². The number of benzene rings is 2. The van der Waals surface area contributed by atoms with Crippen LogP contribution in [0.25, 0.3) is 0 Å². The molecule has 0 spiro atoms. The second kappa shape index (κ2) is 10.4. The molecule has 0 bridgehead atoms. The summed E-state index contributed by atoms with van der Waals surface area (Å²) in [5.41, 5.74) is -0.717. The van der Waals surface area contributed by atoms with Gasteiger partial charge in [0.25, 0.3) is 0 Å². The van der Waals surface area contributed by atoms with E-state index in [4.69, 9.17) is 4.74 Å². The van der Waals surface area contributed by atoms with E-state index in [9.17, 15) is 30.0 Å². The lowest BCUT2D eigenvalue weighted by Gasteiger charge is -2.36. The van der Waals surface area contributed by atoms with Gasteiger partial charge in [0.2, 0.25) is 20.0 Å². The van der Waals surface area contributed by atoms with Gasteiger partial charge in [0.05, 0.1) is 28.2 Å². The van der Waals surface area contributed by atoms with Gasteiger partial charge in [-0.1, -0.05) is 19.1 Å². The van der Waals surface area contributed by atoms with E-state index in [-0.39, 0.29) is 37.0 Å². The maximum absolute atomic E-state index is 13.4. The smallest absolute Gasteiger partial charge is 0.417 e. The third kappa shape index (κ3) is 5.59. The van der Waals surface area contributed by atoms with Crippen LogP contribution >= 0.6 is 0 Å². The van der Waals surface area contributed by atoms with Crippen molar-refractivity contribution < 1.29 is 34.7 Å². The van der Waals surface area contributed by atoms with Crippen molar-refractivity contribution in [3.8, 4) is 5.75 Å². The normalized spacial score (nSPS) is 20.7. The van der Waals surface area contributed by atoms with Gasteiger partial charge in [0, 0.05) is 39.3 Å². The molecule has 2 aliphatic rings. The number of sulfonamides is 2. The molecule has 1 atom stereocenters. The van der Waals surface area contributed by atoms with E-state index in [2.05, 4.69) is 0 Å². The molecule has 0 N–H and O–H groups in total. The summed E-state index contributed by atoms with van der Waals surface area (Å²) in [4.78, 5) is 1.13. The third-order valence-electron chi connectivity index (χ3n) is 6.80. The Morgan fingerprint density at radius 1 is 0.892 bits per heavy atom. The van der Waals surface area contributed by atoms with Crippen LogP contribution < -0.4 is 9.64 Å². The van der Waals surface area contributed by atoms with E-state index in [0.717, 1.165) is 35.3 Å². The summed E-state index contributed by atoms with van der Waals surface area (Å²) in [7, 11) is -6.67. The predicted octanol–water partition coefficient (Wildman–Crippen LogP) is 3.65. The Balaban J connectivity index is 1.57. The van der Waals surface area contributed by atoms with E-state index in [1.54, 1.807) is 11.0 Å². The van der Waals surface area contributed by atoms with Gasteiger partial charge in [-0.3, -0.25) is 0 Å². The van der Waals surface area contributed by atoms with Crippen LogP contribution in [-0.4, -0.2) is 71.8 Å². The van der Waals surface area contributed by atoms with Gasteiger partial charge in [0.15, 0.2) is 0 Å². The molecule has 0 aromatic heterocycles. The molecule has 8 nitrogen and oxygen atoms in total. The van der Waals surface area contributed by atoms with Gasteiger partial charge >= 0.3 is 6.18 Å². The molecule has 2 aromatic rings. The summed E-state index contributed by atoms with van der Waals surface area (Å²) in [6.07, 6.45) is -3.05. The van der Waals surface area contributed by atoms with E-state index in [1.165, 1.54) is 29.6 Å². The molecule has 0 saturated carbocycles. The number of methoxy groups -OCH3 is 1. The number of alkyl halides is 3. The van der Waals surface area contributed by atoms with Crippen molar-refractivity contribution in [2.45, 2.75) is 35.7 Å². The number of piperazine rings is 1.